The van der Waals surface area contributed by atoms with E-state index < -0.39 is 0 Å². The number of rotatable bonds is 4. The molecule has 2 nitrogen and oxygen atoms in total. The van der Waals surface area contributed by atoms with Gasteiger partial charge in [-0.1, -0.05) is 13.0 Å². The Balaban J connectivity index is 2.76. The second-order valence-electron chi connectivity index (χ2n) is 3.29. The Kier molecular flexibility index (Phi) is 3.89. The summed E-state index contributed by atoms with van der Waals surface area (Å²) >= 11 is 0. The lowest BCUT2D eigenvalue weighted by Gasteiger charge is -2.12. The average Bonchev–Trinajstić information content (AvgIpc) is 2.18. The van der Waals surface area contributed by atoms with Gasteiger partial charge < -0.3 is 10.5 Å². The van der Waals surface area contributed by atoms with Crippen LogP contribution in [0.4, 0.5) is 4.39 Å². The first-order valence-corrected chi connectivity index (χ1v) is 4.82. The summed E-state index contributed by atoms with van der Waals surface area (Å²) in [6, 6.07) is 4.79. The van der Waals surface area contributed by atoms with Gasteiger partial charge in [0.25, 0.3) is 0 Å². The summed E-state index contributed by atoms with van der Waals surface area (Å²) in [5.74, 6) is 0.266. The normalized spacial score (nSPS) is 12.6. The van der Waals surface area contributed by atoms with Crippen molar-refractivity contribution in [2.24, 2.45) is 5.73 Å². The molecule has 78 valence electrons. The number of halogens is 1. The van der Waals surface area contributed by atoms with E-state index in [4.69, 9.17) is 10.5 Å². The molecule has 0 aliphatic rings. The molecule has 1 atom stereocenters. The van der Waals surface area contributed by atoms with Crippen molar-refractivity contribution in [2.45, 2.75) is 32.9 Å². The molecule has 0 bridgehead atoms. The molecule has 0 fully saturated rings. The Bertz CT molecular complexity index is 301. The first kappa shape index (κ1) is 11.0. The van der Waals surface area contributed by atoms with Gasteiger partial charge >= 0.3 is 0 Å². The van der Waals surface area contributed by atoms with E-state index in [-0.39, 0.29) is 18.5 Å². The van der Waals surface area contributed by atoms with Crippen LogP contribution in [0.2, 0.25) is 0 Å². The minimum Gasteiger partial charge on any atom is -0.491 e. The van der Waals surface area contributed by atoms with Gasteiger partial charge in [0.15, 0.2) is 0 Å². The highest BCUT2D eigenvalue weighted by Crippen LogP contribution is 2.18. The monoisotopic (exact) mass is 197 g/mol. The number of hydrogen-bond acceptors (Lipinski definition) is 2. The number of ether oxygens (including phenoxy) is 1. The minimum atomic E-state index is -0.298. The van der Waals surface area contributed by atoms with Crippen LogP contribution in [0.3, 0.4) is 0 Å². The summed E-state index contributed by atoms with van der Waals surface area (Å²) in [6.07, 6.45) is 1.01. The third-order valence-corrected chi connectivity index (χ3v) is 2.16. The van der Waals surface area contributed by atoms with Crippen molar-refractivity contribution >= 4 is 0 Å². The van der Waals surface area contributed by atoms with Gasteiger partial charge in [-0.25, -0.2) is 4.39 Å². The molecule has 1 rings (SSSR count). The van der Waals surface area contributed by atoms with E-state index in [1.54, 1.807) is 12.1 Å². The van der Waals surface area contributed by atoms with E-state index in [9.17, 15) is 4.39 Å². The molecule has 0 heterocycles. The van der Waals surface area contributed by atoms with Crippen LogP contribution in [0.5, 0.6) is 5.75 Å². The minimum absolute atomic E-state index is 0.109. The van der Waals surface area contributed by atoms with Crippen molar-refractivity contribution in [3.63, 3.8) is 0 Å². The lowest BCUT2D eigenvalue weighted by Crippen LogP contribution is -2.10. The molecule has 0 aliphatic carbocycles. The largest absolute Gasteiger partial charge is 0.491 e. The maximum atomic E-state index is 13.2. The molecule has 0 aromatic heterocycles. The number of hydrogen-bond donors (Lipinski definition) is 1. The van der Waals surface area contributed by atoms with Gasteiger partial charge in [-0.3, -0.25) is 0 Å². The molecule has 0 spiro atoms. The summed E-state index contributed by atoms with van der Waals surface area (Å²) in [5.41, 5.74) is 5.86. The molecule has 2 N–H and O–H groups in total. The van der Waals surface area contributed by atoms with Crippen LogP contribution in [0, 0.1) is 5.82 Å². The van der Waals surface area contributed by atoms with Gasteiger partial charge in [0.2, 0.25) is 0 Å². The highest BCUT2D eigenvalue weighted by molar-refractivity contribution is 5.28. The fourth-order valence-corrected chi connectivity index (χ4v) is 1.08. The van der Waals surface area contributed by atoms with Gasteiger partial charge in [-0.05, 0) is 19.4 Å². The summed E-state index contributed by atoms with van der Waals surface area (Å²) in [7, 11) is 0. The molecule has 0 amide bonds. The Hall–Kier alpha value is -1.09. The van der Waals surface area contributed by atoms with Crippen LogP contribution in [-0.4, -0.2) is 6.10 Å². The zero-order valence-corrected chi connectivity index (χ0v) is 8.59. The van der Waals surface area contributed by atoms with Gasteiger partial charge in [0, 0.05) is 18.2 Å². The van der Waals surface area contributed by atoms with Crippen molar-refractivity contribution in [1.82, 2.24) is 0 Å². The van der Waals surface area contributed by atoms with Gasteiger partial charge in [0.05, 0.1) is 6.10 Å². The summed E-state index contributed by atoms with van der Waals surface area (Å²) < 4.78 is 18.7. The predicted octanol–water partition coefficient (Wildman–Crippen LogP) is 2.46. The smallest absolute Gasteiger partial charge is 0.131 e. The van der Waals surface area contributed by atoms with Crippen molar-refractivity contribution < 1.29 is 9.13 Å². The highest BCUT2D eigenvalue weighted by Gasteiger charge is 2.05. The third kappa shape index (κ3) is 2.70. The first-order valence-electron chi connectivity index (χ1n) is 4.82. The van der Waals surface area contributed by atoms with Crippen LogP contribution in [-0.2, 0) is 6.54 Å². The number of benzene rings is 1. The maximum absolute atomic E-state index is 13.2. The Morgan fingerprint density at radius 1 is 1.50 bits per heavy atom. The topological polar surface area (TPSA) is 35.2 Å². The molecule has 14 heavy (non-hydrogen) atoms. The molecule has 0 aliphatic heterocycles. The summed E-state index contributed by atoms with van der Waals surface area (Å²) in [5, 5.41) is 0. The molecule has 0 radical (unpaired) electrons. The van der Waals surface area contributed by atoms with Crippen LogP contribution in [0.1, 0.15) is 25.8 Å². The molecule has 1 unspecified atom stereocenters. The van der Waals surface area contributed by atoms with Crippen LogP contribution < -0.4 is 10.5 Å². The molecular weight excluding hydrogens is 181 g/mol. The lowest BCUT2D eigenvalue weighted by molar-refractivity contribution is 0.216. The zero-order chi connectivity index (χ0) is 10.6. The second kappa shape index (κ2) is 4.96. The van der Waals surface area contributed by atoms with Crippen molar-refractivity contribution in [1.29, 1.82) is 0 Å². The van der Waals surface area contributed by atoms with E-state index in [1.807, 2.05) is 13.8 Å². The van der Waals surface area contributed by atoms with Gasteiger partial charge in [-0.2, -0.15) is 0 Å². The molecular formula is C11H16FNO. The zero-order valence-electron chi connectivity index (χ0n) is 8.59. The molecule has 0 saturated heterocycles. The Morgan fingerprint density at radius 2 is 2.21 bits per heavy atom. The summed E-state index contributed by atoms with van der Waals surface area (Å²) in [6.45, 7) is 4.19. The van der Waals surface area contributed by atoms with Crippen molar-refractivity contribution in [2.75, 3.05) is 0 Å². The van der Waals surface area contributed by atoms with E-state index >= 15 is 0 Å². The van der Waals surface area contributed by atoms with Gasteiger partial charge in [-0.15, -0.1) is 0 Å². The van der Waals surface area contributed by atoms with Crippen molar-refractivity contribution in [3.05, 3.63) is 29.6 Å². The van der Waals surface area contributed by atoms with Crippen LogP contribution in [0.15, 0.2) is 18.2 Å². The predicted molar refractivity (Wildman–Crippen MR) is 54.7 cm³/mol. The maximum Gasteiger partial charge on any atom is 0.131 e. The van der Waals surface area contributed by atoms with Gasteiger partial charge in [0.1, 0.15) is 11.6 Å². The quantitative estimate of drug-likeness (QED) is 0.804. The fourth-order valence-electron chi connectivity index (χ4n) is 1.08. The Morgan fingerprint density at radius 3 is 2.71 bits per heavy atom. The average molecular weight is 197 g/mol. The fraction of sp³-hybridized carbons (Fsp3) is 0.455. The molecule has 1 aromatic carbocycles. The molecule has 0 saturated carbocycles. The second-order valence-corrected chi connectivity index (χ2v) is 3.29. The third-order valence-electron chi connectivity index (χ3n) is 2.16. The van der Waals surface area contributed by atoms with E-state index in [2.05, 4.69) is 0 Å². The summed E-state index contributed by atoms with van der Waals surface area (Å²) in [4.78, 5) is 0. The standard InChI is InChI=1S/C11H16FNO/c1-3-8(2)14-10-5-4-9(7-13)11(12)6-10/h4-6,8H,3,7,13H2,1-2H3. The van der Waals surface area contributed by atoms with Crippen molar-refractivity contribution in [3.8, 4) is 5.75 Å². The highest BCUT2D eigenvalue weighted by atomic mass is 19.1. The first-order chi connectivity index (χ1) is 6.67. The molecule has 3 heteroatoms. The van der Waals surface area contributed by atoms with E-state index in [1.165, 1.54) is 6.07 Å². The lowest BCUT2D eigenvalue weighted by atomic mass is 10.2. The Labute approximate surface area is 83.9 Å². The SMILES string of the molecule is CCC(C)Oc1ccc(CN)c(F)c1. The van der Waals surface area contributed by atoms with Crippen LogP contribution in [0.25, 0.3) is 0 Å². The van der Waals surface area contributed by atoms with Crippen LogP contribution >= 0.6 is 0 Å². The van der Waals surface area contributed by atoms with E-state index in [0.717, 1.165) is 6.42 Å². The molecule has 1 aromatic rings. The number of nitrogens with two attached hydrogens (primary N) is 1. The van der Waals surface area contributed by atoms with E-state index in [0.29, 0.717) is 11.3 Å².